The topological polar surface area (TPSA) is 43.7 Å². The van der Waals surface area contributed by atoms with E-state index in [2.05, 4.69) is 18.7 Å². The highest BCUT2D eigenvalue weighted by atomic mass is 35.5. The summed E-state index contributed by atoms with van der Waals surface area (Å²) in [6, 6.07) is 5.93. The van der Waals surface area contributed by atoms with Gasteiger partial charge in [-0.25, -0.2) is 0 Å². The molecule has 0 spiro atoms. The van der Waals surface area contributed by atoms with Crippen molar-refractivity contribution in [3.05, 3.63) is 28.8 Å². The molecule has 3 nitrogen and oxygen atoms in total. The van der Waals surface area contributed by atoms with Crippen molar-refractivity contribution in [3.8, 4) is 0 Å². The molecule has 0 radical (unpaired) electrons. The number of aliphatic hydroxyl groups excluding tert-OH is 2. The minimum absolute atomic E-state index is 0.173. The SMILES string of the molecule is CC(C)N(CCCO)c1ccc([C@H](C)O)cc1Cl. The third-order valence-corrected chi connectivity index (χ3v) is 3.25. The fourth-order valence-electron chi connectivity index (χ4n) is 1.91. The third-order valence-electron chi connectivity index (χ3n) is 2.94. The molecule has 0 unspecified atom stereocenters. The largest absolute Gasteiger partial charge is 0.396 e. The van der Waals surface area contributed by atoms with Gasteiger partial charge in [0.25, 0.3) is 0 Å². The molecule has 0 amide bonds. The van der Waals surface area contributed by atoms with Crippen LogP contribution in [-0.4, -0.2) is 29.4 Å². The van der Waals surface area contributed by atoms with Crippen molar-refractivity contribution in [2.75, 3.05) is 18.1 Å². The second-order valence-electron chi connectivity index (χ2n) is 4.75. The maximum absolute atomic E-state index is 9.52. The summed E-state index contributed by atoms with van der Waals surface area (Å²) in [5, 5.41) is 19.1. The molecule has 0 aliphatic rings. The van der Waals surface area contributed by atoms with Crippen LogP contribution in [0.15, 0.2) is 18.2 Å². The van der Waals surface area contributed by atoms with E-state index in [0.717, 1.165) is 17.8 Å². The summed E-state index contributed by atoms with van der Waals surface area (Å²) in [6.07, 6.45) is 0.202. The minimum atomic E-state index is -0.513. The van der Waals surface area contributed by atoms with Crippen LogP contribution in [0, 0.1) is 0 Å². The van der Waals surface area contributed by atoms with Gasteiger partial charge < -0.3 is 15.1 Å². The molecule has 0 saturated carbocycles. The minimum Gasteiger partial charge on any atom is -0.396 e. The first-order valence-electron chi connectivity index (χ1n) is 6.32. The number of hydrogen-bond donors (Lipinski definition) is 2. The fourth-order valence-corrected chi connectivity index (χ4v) is 2.21. The molecule has 0 fully saturated rings. The van der Waals surface area contributed by atoms with Gasteiger partial charge in [0.2, 0.25) is 0 Å². The fraction of sp³-hybridized carbons (Fsp3) is 0.571. The first kappa shape index (κ1) is 15.3. The lowest BCUT2D eigenvalue weighted by Gasteiger charge is -2.30. The Bertz CT molecular complexity index is 380. The van der Waals surface area contributed by atoms with Crippen molar-refractivity contribution in [2.24, 2.45) is 0 Å². The zero-order valence-corrected chi connectivity index (χ0v) is 12.0. The number of rotatable bonds is 6. The summed E-state index contributed by atoms with van der Waals surface area (Å²) in [4.78, 5) is 2.16. The molecule has 0 heterocycles. The van der Waals surface area contributed by atoms with Crippen LogP contribution in [0.4, 0.5) is 5.69 Å². The number of halogens is 1. The van der Waals surface area contributed by atoms with Crippen molar-refractivity contribution in [3.63, 3.8) is 0 Å². The van der Waals surface area contributed by atoms with Crippen LogP contribution in [0.2, 0.25) is 5.02 Å². The molecule has 0 aliphatic heterocycles. The zero-order valence-electron chi connectivity index (χ0n) is 11.2. The van der Waals surface area contributed by atoms with E-state index in [1.807, 2.05) is 12.1 Å². The second-order valence-corrected chi connectivity index (χ2v) is 5.16. The first-order valence-corrected chi connectivity index (χ1v) is 6.70. The summed E-state index contributed by atoms with van der Waals surface area (Å²) in [5.41, 5.74) is 1.76. The van der Waals surface area contributed by atoms with Crippen molar-refractivity contribution >= 4 is 17.3 Å². The van der Waals surface area contributed by atoms with Crippen LogP contribution < -0.4 is 4.90 Å². The number of anilines is 1. The van der Waals surface area contributed by atoms with E-state index in [1.54, 1.807) is 13.0 Å². The summed E-state index contributed by atoms with van der Waals surface area (Å²) in [7, 11) is 0. The van der Waals surface area contributed by atoms with Crippen LogP contribution >= 0.6 is 11.6 Å². The summed E-state index contributed by atoms with van der Waals surface area (Å²) in [6.45, 7) is 6.85. The van der Waals surface area contributed by atoms with Crippen molar-refractivity contribution < 1.29 is 10.2 Å². The average Bonchev–Trinajstić information content (AvgIpc) is 2.30. The van der Waals surface area contributed by atoms with Crippen molar-refractivity contribution in [1.29, 1.82) is 0 Å². The molecule has 1 aromatic rings. The van der Waals surface area contributed by atoms with Crippen LogP contribution in [0.25, 0.3) is 0 Å². The Balaban J connectivity index is 2.98. The molecule has 1 atom stereocenters. The van der Waals surface area contributed by atoms with E-state index < -0.39 is 6.10 Å². The maximum Gasteiger partial charge on any atom is 0.0762 e. The van der Waals surface area contributed by atoms with Gasteiger partial charge in [-0.3, -0.25) is 0 Å². The van der Waals surface area contributed by atoms with E-state index in [0.29, 0.717) is 17.5 Å². The molecule has 0 saturated heterocycles. The maximum atomic E-state index is 9.52. The molecule has 18 heavy (non-hydrogen) atoms. The monoisotopic (exact) mass is 271 g/mol. The Hall–Kier alpha value is -0.770. The van der Waals surface area contributed by atoms with Gasteiger partial charge in [0.15, 0.2) is 0 Å². The molecule has 1 rings (SSSR count). The second kappa shape index (κ2) is 6.98. The molecular weight excluding hydrogens is 250 g/mol. The van der Waals surface area contributed by atoms with Gasteiger partial charge in [0, 0.05) is 19.2 Å². The smallest absolute Gasteiger partial charge is 0.0762 e. The van der Waals surface area contributed by atoms with Crippen molar-refractivity contribution in [2.45, 2.75) is 39.3 Å². The number of benzene rings is 1. The summed E-state index contributed by atoms with van der Waals surface area (Å²) < 4.78 is 0. The molecule has 0 bridgehead atoms. The van der Waals surface area contributed by atoms with Gasteiger partial charge in [-0.1, -0.05) is 17.7 Å². The Labute approximate surface area is 114 Å². The lowest BCUT2D eigenvalue weighted by Crippen LogP contribution is -2.32. The van der Waals surface area contributed by atoms with Gasteiger partial charge in [-0.05, 0) is 44.9 Å². The Kier molecular flexibility index (Phi) is 5.93. The Morgan fingerprint density at radius 3 is 2.39 bits per heavy atom. The highest BCUT2D eigenvalue weighted by Crippen LogP contribution is 2.30. The quantitative estimate of drug-likeness (QED) is 0.836. The molecular formula is C14H22ClNO2. The standard InChI is InChI=1S/C14H22ClNO2/c1-10(2)16(7-4-8-17)14-6-5-12(11(3)18)9-13(14)15/h5-6,9-11,17-18H,4,7-8H2,1-3H3/t11-/m0/s1. The molecule has 2 N–H and O–H groups in total. The van der Waals surface area contributed by atoms with Gasteiger partial charge in [-0.15, -0.1) is 0 Å². The molecule has 1 aromatic carbocycles. The summed E-state index contributed by atoms with van der Waals surface area (Å²) >= 11 is 6.28. The van der Waals surface area contributed by atoms with E-state index in [-0.39, 0.29) is 6.61 Å². The Morgan fingerprint density at radius 1 is 1.28 bits per heavy atom. The Morgan fingerprint density at radius 2 is 1.94 bits per heavy atom. The highest BCUT2D eigenvalue weighted by Gasteiger charge is 2.14. The number of hydrogen-bond acceptors (Lipinski definition) is 3. The predicted molar refractivity (Wildman–Crippen MR) is 76.3 cm³/mol. The van der Waals surface area contributed by atoms with Crippen molar-refractivity contribution in [1.82, 2.24) is 0 Å². The van der Waals surface area contributed by atoms with Gasteiger partial charge in [-0.2, -0.15) is 0 Å². The molecule has 4 heteroatoms. The lowest BCUT2D eigenvalue weighted by atomic mass is 10.1. The van der Waals surface area contributed by atoms with Gasteiger partial charge in [0.1, 0.15) is 0 Å². The molecule has 0 aliphatic carbocycles. The van der Waals surface area contributed by atoms with Gasteiger partial charge >= 0.3 is 0 Å². The van der Waals surface area contributed by atoms with Crippen LogP contribution in [0.5, 0.6) is 0 Å². The van der Waals surface area contributed by atoms with E-state index >= 15 is 0 Å². The van der Waals surface area contributed by atoms with E-state index in [4.69, 9.17) is 16.7 Å². The predicted octanol–water partition coefficient (Wildman–Crippen LogP) is 2.99. The lowest BCUT2D eigenvalue weighted by molar-refractivity contribution is 0.199. The highest BCUT2D eigenvalue weighted by molar-refractivity contribution is 6.33. The zero-order chi connectivity index (χ0) is 13.7. The van der Waals surface area contributed by atoms with E-state index in [1.165, 1.54) is 0 Å². The van der Waals surface area contributed by atoms with E-state index in [9.17, 15) is 5.11 Å². The van der Waals surface area contributed by atoms with Crippen LogP contribution in [-0.2, 0) is 0 Å². The molecule has 102 valence electrons. The summed E-state index contributed by atoms with van der Waals surface area (Å²) in [5.74, 6) is 0. The number of nitrogens with zero attached hydrogens (tertiary/aromatic N) is 1. The van der Waals surface area contributed by atoms with Crippen LogP contribution in [0.1, 0.15) is 38.9 Å². The average molecular weight is 272 g/mol. The van der Waals surface area contributed by atoms with Crippen LogP contribution in [0.3, 0.4) is 0 Å². The van der Waals surface area contributed by atoms with Gasteiger partial charge in [0.05, 0.1) is 16.8 Å². The normalized spacial score (nSPS) is 12.8. The molecule has 0 aromatic heterocycles. The first-order chi connectivity index (χ1) is 8.47. The third kappa shape index (κ3) is 3.87. The number of aliphatic hydroxyl groups is 2.